The molecule has 1 unspecified atom stereocenters. The highest BCUT2D eigenvalue weighted by Crippen LogP contribution is 2.27. The van der Waals surface area contributed by atoms with Gasteiger partial charge in [-0.2, -0.15) is 4.98 Å². The van der Waals surface area contributed by atoms with Crippen LogP contribution in [0.25, 0.3) is 10.2 Å². The van der Waals surface area contributed by atoms with E-state index in [0.29, 0.717) is 12.3 Å². The van der Waals surface area contributed by atoms with Crippen molar-refractivity contribution in [3.05, 3.63) is 11.4 Å². The maximum atomic E-state index is 9.10. The van der Waals surface area contributed by atoms with Crippen molar-refractivity contribution in [2.45, 2.75) is 26.3 Å². The zero-order valence-corrected chi connectivity index (χ0v) is 11.4. The number of aliphatic hydroxyl groups is 1. The summed E-state index contributed by atoms with van der Waals surface area (Å²) in [7, 11) is 0. The number of thiophene rings is 1. The highest BCUT2D eigenvalue weighted by molar-refractivity contribution is 7.16. The molecule has 0 amide bonds. The number of hydrogen-bond acceptors (Lipinski definition) is 6. The second-order valence-corrected chi connectivity index (χ2v) is 5.47. The van der Waals surface area contributed by atoms with Crippen LogP contribution in [0.3, 0.4) is 0 Å². The molecule has 2 rings (SSSR count). The Balaban J connectivity index is 2.32. The summed E-state index contributed by atoms with van der Waals surface area (Å²) >= 11 is 1.54. The monoisotopic (exact) mass is 266 g/mol. The molecule has 0 aliphatic carbocycles. The van der Waals surface area contributed by atoms with Crippen molar-refractivity contribution in [2.75, 3.05) is 17.7 Å². The average Bonchev–Trinajstić information content (AvgIpc) is 2.76. The lowest BCUT2D eigenvalue weighted by molar-refractivity contribution is 0.267. The summed E-state index contributed by atoms with van der Waals surface area (Å²) in [6.07, 6.45) is 0.688. The summed E-state index contributed by atoms with van der Waals surface area (Å²) in [5.74, 6) is 1.44. The summed E-state index contributed by atoms with van der Waals surface area (Å²) in [5.41, 5.74) is 5.70. The first-order valence-corrected chi connectivity index (χ1v) is 6.88. The van der Waals surface area contributed by atoms with Crippen LogP contribution in [0.5, 0.6) is 0 Å². The zero-order chi connectivity index (χ0) is 13.1. The van der Waals surface area contributed by atoms with Gasteiger partial charge in [0.15, 0.2) is 0 Å². The van der Waals surface area contributed by atoms with E-state index in [9.17, 15) is 0 Å². The Labute approximate surface area is 110 Å². The Morgan fingerprint density at radius 2 is 2.22 bits per heavy atom. The lowest BCUT2D eigenvalue weighted by Crippen LogP contribution is -2.27. The number of nitrogen functional groups attached to an aromatic ring is 1. The maximum Gasteiger partial charge on any atom is 0.223 e. The maximum absolute atomic E-state index is 9.10. The number of anilines is 2. The van der Waals surface area contributed by atoms with Gasteiger partial charge in [0.05, 0.1) is 5.39 Å². The highest BCUT2D eigenvalue weighted by atomic mass is 32.1. The van der Waals surface area contributed by atoms with E-state index in [1.807, 2.05) is 11.4 Å². The molecule has 18 heavy (non-hydrogen) atoms. The van der Waals surface area contributed by atoms with Gasteiger partial charge >= 0.3 is 0 Å². The van der Waals surface area contributed by atoms with E-state index in [0.717, 1.165) is 16.0 Å². The van der Waals surface area contributed by atoms with E-state index in [1.165, 1.54) is 0 Å². The minimum absolute atomic E-state index is 0.156. The Bertz CT molecular complexity index is 526. The van der Waals surface area contributed by atoms with Crippen LogP contribution in [0.4, 0.5) is 11.8 Å². The standard InChI is InChI=1S/C12H18N4OS/c1-7(2)9(3-5-17)14-10-8-4-6-18-11(8)16-12(13)15-10/h4,6-7,9,17H,3,5H2,1-2H3,(H3,13,14,15,16). The Hall–Kier alpha value is -1.40. The number of nitrogens with two attached hydrogens (primary N) is 1. The first-order valence-electron chi connectivity index (χ1n) is 6.00. The van der Waals surface area contributed by atoms with Crippen molar-refractivity contribution in [3.63, 3.8) is 0 Å². The van der Waals surface area contributed by atoms with Gasteiger partial charge in [0.25, 0.3) is 0 Å². The number of aromatic nitrogens is 2. The molecule has 0 spiro atoms. The number of aliphatic hydroxyl groups excluding tert-OH is 1. The van der Waals surface area contributed by atoms with Crippen LogP contribution in [-0.2, 0) is 0 Å². The second kappa shape index (κ2) is 5.49. The number of nitrogens with zero attached hydrogens (tertiary/aromatic N) is 2. The number of fused-ring (bicyclic) bond motifs is 1. The molecule has 0 saturated carbocycles. The summed E-state index contributed by atoms with van der Waals surface area (Å²) in [6, 6.07) is 2.16. The highest BCUT2D eigenvalue weighted by Gasteiger charge is 2.15. The summed E-state index contributed by atoms with van der Waals surface area (Å²) in [5, 5.41) is 15.4. The molecule has 0 fully saturated rings. The minimum atomic E-state index is 0.156. The molecule has 0 aromatic carbocycles. The Morgan fingerprint density at radius 1 is 1.44 bits per heavy atom. The predicted molar refractivity (Wildman–Crippen MR) is 75.8 cm³/mol. The van der Waals surface area contributed by atoms with Crippen LogP contribution in [0.1, 0.15) is 20.3 Å². The van der Waals surface area contributed by atoms with Crippen molar-refractivity contribution in [2.24, 2.45) is 5.92 Å². The van der Waals surface area contributed by atoms with Gasteiger partial charge < -0.3 is 16.2 Å². The third-order valence-corrected chi connectivity index (χ3v) is 3.72. The molecule has 0 saturated heterocycles. The summed E-state index contributed by atoms with van der Waals surface area (Å²) < 4.78 is 0. The fourth-order valence-corrected chi connectivity index (χ4v) is 2.64. The van der Waals surface area contributed by atoms with E-state index in [1.54, 1.807) is 11.3 Å². The predicted octanol–water partition coefficient (Wildman–Crippen LogP) is 2.09. The van der Waals surface area contributed by atoms with Crippen LogP contribution in [0, 0.1) is 5.92 Å². The number of hydrogen-bond donors (Lipinski definition) is 3. The van der Waals surface area contributed by atoms with Crippen LogP contribution < -0.4 is 11.1 Å². The normalized spacial score (nSPS) is 13.1. The van der Waals surface area contributed by atoms with Gasteiger partial charge in [-0.05, 0) is 23.8 Å². The average molecular weight is 266 g/mol. The Kier molecular flexibility index (Phi) is 3.98. The molecule has 0 radical (unpaired) electrons. The lowest BCUT2D eigenvalue weighted by atomic mass is 10.0. The lowest BCUT2D eigenvalue weighted by Gasteiger charge is -2.22. The van der Waals surface area contributed by atoms with E-state index in [2.05, 4.69) is 29.1 Å². The van der Waals surface area contributed by atoms with E-state index in [-0.39, 0.29) is 18.6 Å². The largest absolute Gasteiger partial charge is 0.396 e. The van der Waals surface area contributed by atoms with Gasteiger partial charge in [-0.15, -0.1) is 11.3 Å². The molecule has 98 valence electrons. The molecule has 1 atom stereocenters. The van der Waals surface area contributed by atoms with Crippen molar-refractivity contribution >= 4 is 33.3 Å². The smallest absolute Gasteiger partial charge is 0.223 e. The van der Waals surface area contributed by atoms with Gasteiger partial charge in [-0.25, -0.2) is 4.98 Å². The van der Waals surface area contributed by atoms with Crippen LogP contribution in [0.15, 0.2) is 11.4 Å². The fourth-order valence-electron chi connectivity index (χ4n) is 1.87. The van der Waals surface area contributed by atoms with Gasteiger partial charge in [-0.1, -0.05) is 13.8 Å². The molecule has 0 aliphatic rings. The first-order chi connectivity index (χ1) is 8.61. The van der Waals surface area contributed by atoms with Crippen molar-refractivity contribution < 1.29 is 5.11 Å². The zero-order valence-electron chi connectivity index (χ0n) is 10.6. The van der Waals surface area contributed by atoms with Gasteiger partial charge in [0.2, 0.25) is 5.95 Å². The molecular formula is C12H18N4OS. The fraction of sp³-hybridized carbons (Fsp3) is 0.500. The SMILES string of the molecule is CC(C)C(CCO)Nc1nc(N)nc2sccc12. The summed E-state index contributed by atoms with van der Waals surface area (Å²) in [6.45, 7) is 4.38. The van der Waals surface area contributed by atoms with Gasteiger partial charge in [-0.3, -0.25) is 0 Å². The van der Waals surface area contributed by atoms with E-state index in [4.69, 9.17) is 10.8 Å². The van der Waals surface area contributed by atoms with Gasteiger partial charge in [0.1, 0.15) is 10.6 Å². The van der Waals surface area contributed by atoms with E-state index < -0.39 is 0 Å². The van der Waals surface area contributed by atoms with Gasteiger partial charge in [0, 0.05) is 12.6 Å². The topological polar surface area (TPSA) is 84.1 Å². The molecule has 2 aromatic rings. The van der Waals surface area contributed by atoms with Crippen molar-refractivity contribution in [1.82, 2.24) is 9.97 Å². The molecule has 0 bridgehead atoms. The molecule has 2 aromatic heterocycles. The third-order valence-electron chi connectivity index (χ3n) is 2.91. The van der Waals surface area contributed by atoms with Crippen LogP contribution in [-0.4, -0.2) is 27.7 Å². The Morgan fingerprint density at radius 3 is 2.89 bits per heavy atom. The molecule has 2 heterocycles. The van der Waals surface area contributed by atoms with E-state index >= 15 is 0 Å². The molecule has 0 aliphatic heterocycles. The van der Waals surface area contributed by atoms with Crippen LogP contribution >= 0.6 is 11.3 Å². The summed E-state index contributed by atoms with van der Waals surface area (Å²) in [4.78, 5) is 9.33. The molecule has 6 heteroatoms. The first kappa shape index (κ1) is 13.0. The molecule has 5 nitrogen and oxygen atoms in total. The number of nitrogens with one attached hydrogen (secondary N) is 1. The molecule has 4 N–H and O–H groups in total. The quantitative estimate of drug-likeness (QED) is 0.771. The van der Waals surface area contributed by atoms with Crippen molar-refractivity contribution in [1.29, 1.82) is 0 Å². The number of rotatable bonds is 5. The minimum Gasteiger partial charge on any atom is -0.396 e. The second-order valence-electron chi connectivity index (χ2n) is 4.58. The van der Waals surface area contributed by atoms with Crippen LogP contribution in [0.2, 0.25) is 0 Å². The third kappa shape index (κ3) is 2.70. The van der Waals surface area contributed by atoms with Crippen molar-refractivity contribution in [3.8, 4) is 0 Å². The molecular weight excluding hydrogens is 248 g/mol.